The summed E-state index contributed by atoms with van der Waals surface area (Å²) in [7, 11) is 0. The van der Waals surface area contributed by atoms with Gasteiger partial charge in [-0.15, -0.1) is 0 Å². The van der Waals surface area contributed by atoms with Gasteiger partial charge in [0.1, 0.15) is 5.75 Å². The molecule has 0 fully saturated rings. The lowest BCUT2D eigenvalue weighted by molar-refractivity contribution is -0.385. The summed E-state index contributed by atoms with van der Waals surface area (Å²) in [6.45, 7) is 5.30. The molecule has 0 amide bonds. The minimum Gasteiger partial charge on any atom is -0.475 e. The number of carbonyl (C=O) groups is 1. The minimum absolute atomic E-state index is 0.0339. The highest BCUT2D eigenvalue weighted by Crippen LogP contribution is 2.26. The van der Waals surface area contributed by atoms with Crippen LogP contribution in [-0.2, 0) is 4.79 Å². The summed E-state index contributed by atoms with van der Waals surface area (Å²) < 4.78 is 10.5. The number of rotatable bonds is 5. The van der Waals surface area contributed by atoms with Crippen LogP contribution in [0.1, 0.15) is 16.7 Å². The summed E-state index contributed by atoms with van der Waals surface area (Å²) in [6.07, 6.45) is 0. The summed E-state index contributed by atoms with van der Waals surface area (Å²) in [6, 6.07) is 9.65. The van der Waals surface area contributed by atoms with Crippen molar-refractivity contribution < 1.29 is 19.2 Å². The number of benzene rings is 2. The molecule has 0 radical (unpaired) electrons. The molecule has 2 rings (SSSR count). The number of hydrogen-bond donors (Lipinski definition) is 0. The van der Waals surface area contributed by atoms with Gasteiger partial charge in [-0.05, 0) is 49.6 Å². The molecule has 0 saturated heterocycles. The molecule has 0 bridgehead atoms. The molecule has 0 aromatic heterocycles. The quantitative estimate of drug-likeness (QED) is 0.365. The lowest BCUT2D eigenvalue weighted by Gasteiger charge is -2.11. The van der Waals surface area contributed by atoms with Crippen molar-refractivity contribution >= 4 is 11.7 Å². The topological polar surface area (TPSA) is 78.7 Å². The fourth-order valence-electron chi connectivity index (χ4n) is 2.13. The maximum absolute atomic E-state index is 11.9. The molecule has 23 heavy (non-hydrogen) atoms. The van der Waals surface area contributed by atoms with Crippen LogP contribution in [0.25, 0.3) is 0 Å². The second kappa shape index (κ2) is 6.91. The van der Waals surface area contributed by atoms with Crippen molar-refractivity contribution in [1.29, 1.82) is 0 Å². The predicted molar refractivity (Wildman–Crippen MR) is 84.9 cm³/mol. The molecule has 0 atom stereocenters. The smallest absolute Gasteiger partial charge is 0.349 e. The van der Waals surface area contributed by atoms with Crippen LogP contribution in [0.3, 0.4) is 0 Å². The van der Waals surface area contributed by atoms with E-state index >= 15 is 0 Å². The van der Waals surface area contributed by atoms with E-state index in [0.29, 0.717) is 5.75 Å². The molecule has 0 spiro atoms. The van der Waals surface area contributed by atoms with Crippen LogP contribution < -0.4 is 9.47 Å². The number of nitrogens with zero attached hydrogens (tertiary/aromatic N) is 1. The average molecular weight is 315 g/mol. The van der Waals surface area contributed by atoms with E-state index in [4.69, 9.17) is 9.47 Å². The Hall–Kier alpha value is -2.89. The van der Waals surface area contributed by atoms with Gasteiger partial charge in [0.2, 0.25) is 0 Å². The fourth-order valence-corrected chi connectivity index (χ4v) is 2.13. The molecule has 2 aromatic carbocycles. The Morgan fingerprint density at radius 3 is 2.52 bits per heavy atom. The van der Waals surface area contributed by atoms with Crippen LogP contribution in [0.15, 0.2) is 36.4 Å². The molecule has 0 aliphatic heterocycles. The van der Waals surface area contributed by atoms with E-state index in [-0.39, 0.29) is 11.4 Å². The second-order valence-electron chi connectivity index (χ2n) is 5.19. The standard InChI is InChI=1S/C17H17NO5/c1-11-8-12(2)13(3)16(9-11)23-17(19)10-22-15-7-5-4-6-14(15)18(20)21/h4-9H,10H2,1-3H3. The van der Waals surface area contributed by atoms with Crippen molar-refractivity contribution in [3.8, 4) is 11.5 Å². The molecule has 6 nitrogen and oxygen atoms in total. The number of esters is 1. The minimum atomic E-state index is -0.615. The van der Waals surface area contributed by atoms with Gasteiger partial charge < -0.3 is 9.47 Å². The predicted octanol–water partition coefficient (Wildman–Crippen LogP) is 3.50. The Morgan fingerprint density at radius 1 is 1.13 bits per heavy atom. The van der Waals surface area contributed by atoms with Crippen molar-refractivity contribution in [2.75, 3.05) is 6.61 Å². The van der Waals surface area contributed by atoms with Gasteiger partial charge in [-0.1, -0.05) is 18.2 Å². The van der Waals surface area contributed by atoms with Gasteiger partial charge in [-0.25, -0.2) is 4.79 Å². The third-order valence-electron chi connectivity index (χ3n) is 3.40. The number of nitro groups is 1. The number of carbonyl (C=O) groups excluding carboxylic acids is 1. The van der Waals surface area contributed by atoms with E-state index in [1.54, 1.807) is 12.1 Å². The Bertz CT molecular complexity index is 755. The number of ether oxygens (including phenoxy) is 2. The first-order valence-electron chi connectivity index (χ1n) is 7.03. The monoisotopic (exact) mass is 315 g/mol. The zero-order valence-electron chi connectivity index (χ0n) is 13.2. The third kappa shape index (κ3) is 4.06. The lowest BCUT2D eigenvalue weighted by Crippen LogP contribution is -2.18. The highest BCUT2D eigenvalue weighted by molar-refractivity contribution is 5.74. The SMILES string of the molecule is Cc1cc(C)c(C)c(OC(=O)COc2ccccc2[N+](=O)[O-])c1. The summed E-state index contributed by atoms with van der Waals surface area (Å²) in [5.74, 6) is -0.110. The van der Waals surface area contributed by atoms with Gasteiger partial charge in [-0.2, -0.15) is 0 Å². The van der Waals surface area contributed by atoms with Gasteiger partial charge in [0, 0.05) is 6.07 Å². The molecule has 2 aromatic rings. The third-order valence-corrected chi connectivity index (χ3v) is 3.40. The first kappa shape index (κ1) is 16.5. The zero-order valence-corrected chi connectivity index (χ0v) is 13.2. The first-order valence-corrected chi connectivity index (χ1v) is 7.03. The molecule has 120 valence electrons. The Balaban J connectivity index is 2.06. The van der Waals surface area contributed by atoms with Crippen molar-refractivity contribution in [2.24, 2.45) is 0 Å². The van der Waals surface area contributed by atoms with Gasteiger partial charge in [0.25, 0.3) is 0 Å². The number of hydrogen-bond acceptors (Lipinski definition) is 5. The van der Waals surface area contributed by atoms with Crippen LogP contribution in [-0.4, -0.2) is 17.5 Å². The maximum Gasteiger partial charge on any atom is 0.349 e. The van der Waals surface area contributed by atoms with Crippen LogP contribution in [0, 0.1) is 30.9 Å². The molecule has 0 saturated carbocycles. The van der Waals surface area contributed by atoms with E-state index < -0.39 is 17.5 Å². The van der Waals surface area contributed by atoms with Crippen LogP contribution in [0.4, 0.5) is 5.69 Å². The summed E-state index contributed by atoms with van der Waals surface area (Å²) in [5.41, 5.74) is 2.68. The van der Waals surface area contributed by atoms with Crippen LogP contribution in [0.2, 0.25) is 0 Å². The molecule has 6 heteroatoms. The summed E-state index contributed by atoms with van der Waals surface area (Å²) >= 11 is 0. The normalized spacial score (nSPS) is 10.2. The molecule has 0 aliphatic rings. The van der Waals surface area contributed by atoms with E-state index in [1.807, 2.05) is 26.8 Å². The molecule has 0 unspecified atom stereocenters. The number of para-hydroxylation sites is 2. The summed E-state index contributed by atoms with van der Waals surface area (Å²) in [4.78, 5) is 22.3. The molecular formula is C17H17NO5. The van der Waals surface area contributed by atoms with Crippen molar-refractivity contribution in [2.45, 2.75) is 20.8 Å². The van der Waals surface area contributed by atoms with Crippen molar-refractivity contribution in [1.82, 2.24) is 0 Å². The molecular weight excluding hydrogens is 298 g/mol. The van der Waals surface area contributed by atoms with Crippen molar-refractivity contribution in [3.63, 3.8) is 0 Å². The van der Waals surface area contributed by atoms with Crippen LogP contribution in [0.5, 0.6) is 11.5 Å². The summed E-state index contributed by atoms with van der Waals surface area (Å²) in [5, 5.41) is 10.9. The van der Waals surface area contributed by atoms with Crippen LogP contribution >= 0.6 is 0 Å². The highest BCUT2D eigenvalue weighted by Gasteiger charge is 2.16. The van der Waals surface area contributed by atoms with E-state index in [1.165, 1.54) is 18.2 Å². The molecule has 0 heterocycles. The molecule has 0 aliphatic carbocycles. The Morgan fingerprint density at radius 2 is 1.83 bits per heavy atom. The zero-order chi connectivity index (χ0) is 17.0. The highest BCUT2D eigenvalue weighted by atomic mass is 16.6. The van der Waals surface area contributed by atoms with E-state index in [2.05, 4.69) is 0 Å². The van der Waals surface area contributed by atoms with Gasteiger partial charge in [-0.3, -0.25) is 10.1 Å². The number of nitro benzene ring substituents is 1. The lowest BCUT2D eigenvalue weighted by atomic mass is 10.1. The van der Waals surface area contributed by atoms with Gasteiger partial charge in [0.05, 0.1) is 4.92 Å². The molecule has 0 N–H and O–H groups in total. The fraction of sp³-hybridized carbons (Fsp3) is 0.235. The largest absolute Gasteiger partial charge is 0.475 e. The van der Waals surface area contributed by atoms with Gasteiger partial charge in [0.15, 0.2) is 12.4 Å². The Kier molecular flexibility index (Phi) is 4.95. The van der Waals surface area contributed by atoms with E-state index in [9.17, 15) is 14.9 Å². The van der Waals surface area contributed by atoms with E-state index in [0.717, 1.165) is 16.7 Å². The second-order valence-corrected chi connectivity index (χ2v) is 5.19. The average Bonchev–Trinajstić information content (AvgIpc) is 2.50. The maximum atomic E-state index is 11.9. The van der Waals surface area contributed by atoms with Gasteiger partial charge >= 0.3 is 11.7 Å². The first-order chi connectivity index (χ1) is 10.9. The number of aryl methyl sites for hydroxylation is 2. The van der Waals surface area contributed by atoms with Crippen molar-refractivity contribution in [3.05, 3.63) is 63.2 Å². The Labute approximate surface area is 133 Å².